The van der Waals surface area contributed by atoms with Gasteiger partial charge in [-0.15, -0.1) is 0 Å². The van der Waals surface area contributed by atoms with E-state index >= 15 is 0 Å². The Morgan fingerprint density at radius 3 is 2.65 bits per heavy atom. The highest BCUT2D eigenvalue weighted by atomic mass is 16.5. The molecule has 3 aromatic rings. The molecule has 0 saturated carbocycles. The zero-order valence-electron chi connectivity index (χ0n) is 25.5. The van der Waals surface area contributed by atoms with Crippen LogP contribution in [-0.4, -0.2) is 81.4 Å². The molecule has 2 fully saturated rings. The first-order valence-corrected chi connectivity index (χ1v) is 15.8. The fourth-order valence-electron chi connectivity index (χ4n) is 6.16. The Hall–Kier alpha value is -5.13. The fraction of sp³-hybridized carbons (Fsp3) is 0.382. The van der Waals surface area contributed by atoms with Crippen molar-refractivity contribution < 1.29 is 23.9 Å². The van der Waals surface area contributed by atoms with Crippen LogP contribution in [0.2, 0.25) is 0 Å². The molecular formula is C34H37N7O5. The average Bonchev–Trinajstić information content (AvgIpc) is 3.39. The van der Waals surface area contributed by atoms with Gasteiger partial charge >= 0.3 is 0 Å². The Morgan fingerprint density at radius 1 is 1.07 bits per heavy atom. The van der Waals surface area contributed by atoms with Gasteiger partial charge in [0.15, 0.2) is 0 Å². The van der Waals surface area contributed by atoms with Crippen LogP contribution in [0.25, 0.3) is 16.6 Å². The van der Waals surface area contributed by atoms with E-state index in [-0.39, 0.29) is 30.2 Å². The van der Waals surface area contributed by atoms with Gasteiger partial charge in [0.05, 0.1) is 29.5 Å². The van der Waals surface area contributed by atoms with Gasteiger partial charge < -0.3 is 25.3 Å². The molecule has 2 aromatic carbocycles. The molecule has 238 valence electrons. The minimum atomic E-state index is -0.644. The summed E-state index contributed by atoms with van der Waals surface area (Å²) in [6, 6.07) is 12.5. The van der Waals surface area contributed by atoms with Crippen LogP contribution in [0.1, 0.15) is 66.6 Å². The molecule has 3 aliphatic heterocycles. The van der Waals surface area contributed by atoms with E-state index in [2.05, 4.69) is 20.6 Å². The van der Waals surface area contributed by atoms with Crippen LogP contribution in [0.3, 0.4) is 0 Å². The molecule has 6 rings (SSSR count). The SMILES string of the molecule is N=C/C(=C\NC1CCN(C(=O)CCCCOc2ccc3c(c2)CN(C2CCC(=O)NC2=O)C3=O)CC1)c1cnc2ccccc2n1. The van der Waals surface area contributed by atoms with Crippen LogP contribution in [0.5, 0.6) is 5.75 Å². The summed E-state index contributed by atoms with van der Waals surface area (Å²) in [7, 11) is 0. The lowest BCUT2D eigenvalue weighted by atomic mass is 10.0. The van der Waals surface area contributed by atoms with E-state index in [0.717, 1.165) is 35.9 Å². The number of benzene rings is 2. The van der Waals surface area contributed by atoms with Crippen LogP contribution in [0.15, 0.2) is 54.9 Å². The van der Waals surface area contributed by atoms with Crippen molar-refractivity contribution in [3.05, 3.63) is 71.7 Å². The van der Waals surface area contributed by atoms with Crippen molar-refractivity contribution in [1.29, 1.82) is 5.41 Å². The second-order valence-corrected chi connectivity index (χ2v) is 11.8. The van der Waals surface area contributed by atoms with Gasteiger partial charge in [0, 0.05) is 62.1 Å². The molecule has 0 radical (unpaired) electrons. The van der Waals surface area contributed by atoms with Crippen molar-refractivity contribution in [2.45, 2.75) is 63.6 Å². The van der Waals surface area contributed by atoms with E-state index in [4.69, 9.17) is 10.1 Å². The number of allylic oxidation sites excluding steroid dienone is 1. The smallest absolute Gasteiger partial charge is 0.255 e. The van der Waals surface area contributed by atoms with Gasteiger partial charge in [0.2, 0.25) is 17.7 Å². The largest absolute Gasteiger partial charge is 0.494 e. The van der Waals surface area contributed by atoms with Gasteiger partial charge in [0.25, 0.3) is 5.91 Å². The monoisotopic (exact) mass is 623 g/mol. The third-order valence-corrected chi connectivity index (χ3v) is 8.77. The van der Waals surface area contributed by atoms with Crippen LogP contribution in [0, 0.1) is 5.41 Å². The molecule has 1 aromatic heterocycles. The minimum Gasteiger partial charge on any atom is -0.494 e. The number of hydrogen-bond acceptors (Lipinski definition) is 9. The normalized spacial score (nSPS) is 18.8. The van der Waals surface area contributed by atoms with E-state index in [9.17, 15) is 19.2 Å². The summed E-state index contributed by atoms with van der Waals surface area (Å²) < 4.78 is 5.92. The van der Waals surface area contributed by atoms with Crippen LogP contribution in [-0.2, 0) is 20.9 Å². The number of hydrogen-bond donors (Lipinski definition) is 3. The van der Waals surface area contributed by atoms with Crippen molar-refractivity contribution in [2.24, 2.45) is 0 Å². The number of nitrogens with one attached hydrogen (secondary N) is 3. The summed E-state index contributed by atoms with van der Waals surface area (Å²) in [6.07, 6.45) is 8.85. The molecule has 46 heavy (non-hydrogen) atoms. The fourth-order valence-corrected chi connectivity index (χ4v) is 6.16. The van der Waals surface area contributed by atoms with E-state index in [1.807, 2.05) is 41.4 Å². The molecule has 12 nitrogen and oxygen atoms in total. The first-order chi connectivity index (χ1) is 22.4. The molecule has 1 atom stereocenters. The van der Waals surface area contributed by atoms with Gasteiger partial charge in [-0.1, -0.05) is 12.1 Å². The molecule has 12 heteroatoms. The summed E-state index contributed by atoms with van der Waals surface area (Å²) >= 11 is 0. The Balaban J connectivity index is 0.900. The highest BCUT2D eigenvalue weighted by Gasteiger charge is 2.39. The number of nitrogens with zero attached hydrogens (tertiary/aromatic N) is 4. The highest BCUT2D eigenvalue weighted by molar-refractivity contribution is 6.07. The van der Waals surface area contributed by atoms with E-state index in [1.54, 1.807) is 18.3 Å². The maximum absolute atomic E-state index is 12.9. The van der Waals surface area contributed by atoms with Gasteiger partial charge in [-0.2, -0.15) is 0 Å². The third-order valence-electron chi connectivity index (χ3n) is 8.77. The van der Waals surface area contributed by atoms with Gasteiger partial charge in [0.1, 0.15) is 11.8 Å². The van der Waals surface area contributed by atoms with Crippen molar-refractivity contribution in [3.8, 4) is 5.75 Å². The van der Waals surface area contributed by atoms with Crippen molar-refractivity contribution in [1.82, 2.24) is 30.4 Å². The lowest BCUT2D eigenvalue weighted by molar-refractivity contribution is -0.137. The average molecular weight is 624 g/mol. The van der Waals surface area contributed by atoms with Crippen LogP contribution >= 0.6 is 0 Å². The van der Waals surface area contributed by atoms with E-state index in [1.165, 1.54) is 11.1 Å². The number of rotatable bonds is 11. The number of carbonyl (C=O) groups is 4. The zero-order valence-corrected chi connectivity index (χ0v) is 25.5. The summed E-state index contributed by atoms with van der Waals surface area (Å²) in [6.45, 7) is 2.12. The topological polar surface area (TPSA) is 158 Å². The second-order valence-electron chi connectivity index (χ2n) is 11.8. The Morgan fingerprint density at radius 2 is 1.87 bits per heavy atom. The van der Waals surface area contributed by atoms with Crippen molar-refractivity contribution in [2.75, 3.05) is 19.7 Å². The number of fused-ring (bicyclic) bond motifs is 2. The number of imide groups is 1. The molecule has 0 aliphatic carbocycles. The molecule has 0 spiro atoms. The quantitative estimate of drug-likeness (QED) is 0.167. The van der Waals surface area contributed by atoms with Gasteiger partial charge in [-0.05, 0) is 68.0 Å². The van der Waals surface area contributed by atoms with Crippen molar-refractivity contribution in [3.63, 3.8) is 0 Å². The Kier molecular flexibility index (Phi) is 9.32. The molecule has 2 saturated heterocycles. The number of ether oxygens (including phenoxy) is 1. The number of unbranched alkanes of at least 4 members (excludes halogenated alkanes) is 1. The standard InChI is InChI=1S/C34H37N7O5/c35-18-23(29-20-37-27-5-1-2-6-28(27)38-29)19-36-24-12-14-40(15-13-24)32(43)7-3-4-16-46-25-8-9-26-22(17-25)21-41(34(26)45)30-10-11-31(42)39-33(30)44/h1-2,5-6,8-9,17-20,24,30,35-36H,3-4,7,10-16,21H2,(H,39,42,44)/b23-19+,35-18?. The molecule has 4 heterocycles. The summed E-state index contributed by atoms with van der Waals surface area (Å²) in [5, 5.41) is 13.6. The molecule has 0 bridgehead atoms. The number of piperidine rings is 2. The highest BCUT2D eigenvalue weighted by Crippen LogP contribution is 2.30. The lowest BCUT2D eigenvalue weighted by Gasteiger charge is -2.32. The Labute approximate surface area is 266 Å². The van der Waals surface area contributed by atoms with Gasteiger partial charge in [-0.25, -0.2) is 4.98 Å². The first kappa shape index (κ1) is 30.9. The molecule has 3 N–H and O–H groups in total. The summed E-state index contributed by atoms with van der Waals surface area (Å²) in [5.74, 6) is -0.159. The second kappa shape index (κ2) is 13.9. The number of aromatic nitrogens is 2. The number of amides is 4. The summed E-state index contributed by atoms with van der Waals surface area (Å²) in [4.78, 5) is 62.0. The number of para-hydroxylation sites is 2. The maximum atomic E-state index is 12.9. The maximum Gasteiger partial charge on any atom is 0.255 e. The number of likely N-dealkylation sites (tertiary alicyclic amines) is 1. The van der Waals surface area contributed by atoms with Gasteiger partial charge in [-0.3, -0.25) is 29.5 Å². The van der Waals surface area contributed by atoms with E-state index in [0.29, 0.717) is 68.1 Å². The first-order valence-electron chi connectivity index (χ1n) is 15.8. The predicted molar refractivity (Wildman–Crippen MR) is 171 cm³/mol. The Bertz CT molecular complexity index is 1700. The predicted octanol–water partition coefficient (Wildman–Crippen LogP) is 3.21. The third kappa shape index (κ3) is 6.90. The summed E-state index contributed by atoms with van der Waals surface area (Å²) in [5.41, 5.74) is 4.24. The molecular weight excluding hydrogens is 586 g/mol. The molecule has 1 unspecified atom stereocenters. The number of carbonyl (C=O) groups excluding carboxylic acids is 4. The molecule has 3 aliphatic rings. The molecule has 4 amide bonds. The van der Waals surface area contributed by atoms with Crippen molar-refractivity contribution >= 4 is 46.4 Å². The van der Waals surface area contributed by atoms with Crippen LogP contribution in [0.4, 0.5) is 0 Å². The lowest BCUT2D eigenvalue weighted by Crippen LogP contribution is -2.52. The van der Waals surface area contributed by atoms with Crippen LogP contribution < -0.4 is 15.4 Å². The van der Waals surface area contributed by atoms with E-state index < -0.39 is 11.9 Å². The minimum absolute atomic E-state index is 0.144. The zero-order chi connectivity index (χ0) is 32.0.